The summed E-state index contributed by atoms with van der Waals surface area (Å²) in [6.07, 6.45) is 1.17. The van der Waals surface area contributed by atoms with Gasteiger partial charge in [-0.05, 0) is 53.8 Å². The predicted octanol–water partition coefficient (Wildman–Crippen LogP) is 4.38. The summed E-state index contributed by atoms with van der Waals surface area (Å²) in [5.41, 5.74) is 10.4. The zero-order chi connectivity index (χ0) is 13.9. The second kappa shape index (κ2) is 5.88. The van der Waals surface area contributed by atoms with Crippen molar-refractivity contribution in [2.45, 2.75) is 59.3 Å². The van der Waals surface area contributed by atoms with E-state index in [1.54, 1.807) is 0 Å². The van der Waals surface area contributed by atoms with Crippen LogP contribution in [0.4, 0.5) is 0 Å². The summed E-state index contributed by atoms with van der Waals surface area (Å²) >= 11 is 0. The second-order valence-electron chi connectivity index (χ2n) is 6.88. The Kier molecular flexibility index (Phi) is 4.98. The minimum absolute atomic E-state index is 0.208. The normalized spacial score (nSPS) is 14.0. The van der Waals surface area contributed by atoms with E-state index >= 15 is 0 Å². The molecule has 0 fully saturated rings. The van der Waals surface area contributed by atoms with Gasteiger partial charge in [-0.15, -0.1) is 0 Å². The maximum atomic E-state index is 5.98. The molecular weight excluding hydrogens is 218 g/mol. The van der Waals surface area contributed by atoms with Gasteiger partial charge in [0.1, 0.15) is 0 Å². The van der Waals surface area contributed by atoms with Crippen LogP contribution in [0.15, 0.2) is 18.2 Å². The molecule has 0 aromatic heterocycles. The molecule has 2 N–H and O–H groups in total. The Morgan fingerprint density at radius 2 is 1.78 bits per heavy atom. The lowest BCUT2D eigenvalue weighted by Gasteiger charge is -2.25. The summed E-state index contributed by atoms with van der Waals surface area (Å²) in [7, 11) is 0. The van der Waals surface area contributed by atoms with E-state index in [1.165, 1.54) is 23.1 Å². The SMILES string of the molecule is Cc1ccc(C(C)(C)C)cc1C(CN)CC(C)C. The predicted molar refractivity (Wildman–Crippen MR) is 81.1 cm³/mol. The molecule has 1 heteroatoms. The molecule has 0 aliphatic heterocycles. The van der Waals surface area contributed by atoms with Crippen molar-refractivity contribution >= 4 is 0 Å². The van der Waals surface area contributed by atoms with Crippen LogP contribution >= 0.6 is 0 Å². The highest BCUT2D eigenvalue weighted by atomic mass is 14.5. The molecule has 0 radical (unpaired) electrons. The Morgan fingerprint density at radius 1 is 1.17 bits per heavy atom. The van der Waals surface area contributed by atoms with Crippen LogP contribution in [0.5, 0.6) is 0 Å². The van der Waals surface area contributed by atoms with E-state index in [1.807, 2.05) is 0 Å². The lowest BCUT2D eigenvalue weighted by atomic mass is 9.81. The Morgan fingerprint density at radius 3 is 2.22 bits per heavy atom. The van der Waals surface area contributed by atoms with Crippen LogP contribution in [0.25, 0.3) is 0 Å². The van der Waals surface area contributed by atoms with E-state index in [-0.39, 0.29) is 5.41 Å². The Labute approximate surface area is 113 Å². The van der Waals surface area contributed by atoms with Gasteiger partial charge >= 0.3 is 0 Å². The second-order valence-corrected chi connectivity index (χ2v) is 6.88. The van der Waals surface area contributed by atoms with Gasteiger partial charge in [-0.1, -0.05) is 52.8 Å². The lowest BCUT2D eigenvalue weighted by molar-refractivity contribution is 0.501. The van der Waals surface area contributed by atoms with Crippen LogP contribution in [0, 0.1) is 12.8 Å². The summed E-state index contributed by atoms with van der Waals surface area (Å²) in [5, 5.41) is 0. The number of benzene rings is 1. The standard InChI is InChI=1S/C17H29N/c1-12(2)9-14(11-18)16-10-15(17(4,5)6)8-7-13(16)3/h7-8,10,12,14H,9,11,18H2,1-6H3. The molecule has 1 rings (SSSR count). The van der Waals surface area contributed by atoms with E-state index in [0.29, 0.717) is 11.8 Å². The summed E-state index contributed by atoms with van der Waals surface area (Å²) in [4.78, 5) is 0. The van der Waals surface area contributed by atoms with Crippen molar-refractivity contribution in [1.29, 1.82) is 0 Å². The molecule has 0 saturated heterocycles. The molecular formula is C17H29N. The maximum Gasteiger partial charge on any atom is -0.000803 e. The van der Waals surface area contributed by atoms with E-state index in [2.05, 4.69) is 59.7 Å². The van der Waals surface area contributed by atoms with Gasteiger partial charge in [0.05, 0.1) is 0 Å². The van der Waals surface area contributed by atoms with Gasteiger partial charge in [-0.3, -0.25) is 0 Å². The van der Waals surface area contributed by atoms with Crippen molar-refractivity contribution in [3.8, 4) is 0 Å². The number of hydrogen-bond donors (Lipinski definition) is 1. The average molecular weight is 247 g/mol. The number of nitrogens with two attached hydrogens (primary N) is 1. The van der Waals surface area contributed by atoms with Crippen LogP contribution in [-0.4, -0.2) is 6.54 Å². The Balaban J connectivity index is 3.13. The molecule has 0 heterocycles. The molecule has 1 aromatic rings. The largest absolute Gasteiger partial charge is 0.330 e. The molecule has 0 bridgehead atoms. The fourth-order valence-corrected chi connectivity index (χ4v) is 2.47. The van der Waals surface area contributed by atoms with E-state index in [4.69, 9.17) is 5.73 Å². The first kappa shape index (κ1) is 15.2. The van der Waals surface area contributed by atoms with Crippen LogP contribution < -0.4 is 5.73 Å². The van der Waals surface area contributed by atoms with Crippen molar-refractivity contribution in [3.63, 3.8) is 0 Å². The molecule has 1 nitrogen and oxygen atoms in total. The Hall–Kier alpha value is -0.820. The molecule has 1 atom stereocenters. The first-order valence-corrected chi connectivity index (χ1v) is 7.06. The van der Waals surface area contributed by atoms with Gasteiger partial charge in [0.2, 0.25) is 0 Å². The van der Waals surface area contributed by atoms with E-state index in [9.17, 15) is 0 Å². The smallest absolute Gasteiger partial charge is 0.000803 e. The summed E-state index contributed by atoms with van der Waals surface area (Å²) < 4.78 is 0. The number of rotatable bonds is 4. The Bertz CT molecular complexity index is 385. The average Bonchev–Trinajstić information content (AvgIpc) is 2.25. The van der Waals surface area contributed by atoms with Gasteiger partial charge in [-0.25, -0.2) is 0 Å². The van der Waals surface area contributed by atoms with Gasteiger partial charge in [0, 0.05) is 0 Å². The fourth-order valence-electron chi connectivity index (χ4n) is 2.47. The summed E-state index contributed by atoms with van der Waals surface area (Å²) in [6.45, 7) is 14.3. The van der Waals surface area contributed by atoms with Gasteiger partial charge < -0.3 is 5.73 Å². The minimum Gasteiger partial charge on any atom is -0.330 e. The number of aryl methyl sites for hydroxylation is 1. The molecule has 102 valence electrons. The van der Waals surface area contributed by atoms with Crippen molar-refractivity contribution in [2.75, 3.05) is 6.54 Å². The highest BCUT2D eigenvalue weighted by molar-refractivity contribution is 5.37. The van der Waals surface area contributed by atoms with Crippen LogP contribution in [0.1, 0.15) is 63.6 Å². The molecule has 18 heavy (non-hydrogen) atoms. The zero-order valence-electron chi connectivity index (χ0n) is 12.9. The molecule has 1 aromatic carbocycles. The van der Waals surface area contributed by atoms with E-state index in [0.717, 1.165) is 6.54 Å². The van der Waals surface area contributed by atoms with Crippen LogP contribution in [-0.2, 0) is 5.41 Å². The molecule has 0 aliphatic carbocycles. The molecule has 1 unspecified atom stereocenters. The third-order valence-corrected chi connectivity index (χ3v) is 3.63. The molecule has 0 amide bonds. The number of hydrogen-bond acceptors (Lipinski definition) is 1. The molecule has 0 aliphatic rings. The topological polar surface area (TPSA) is 26.0 Å². The maximum absolute atomic E-state index is 5.98. The fraction of sp³-hybridized carbons (Fsp3) is 0.647. The van der Waals surface area contributed by atoms with Crippen molar-refractivity contribution in [3.05, 3.63) is 34.9 Å². The summed E-state index contributed by atoms with van der Waals surface area (Å²) in [5.74, 6) is 1.18. The highest BCUT2D eigenvalue weighted by Crippen LogP contribution is 2.30. The van der Waals surface area contributed by atoms with Crippen LogP contribution in [0.3, 0.4) is 0 Å². The lowest BCUT2D eigenvalue weighted by Crippen LogP contribution is -2.18. The first-order valence-electron chi connectivity index (χ1n) is 7.06. The summed E-state index contributed by atoms with van der Waals surface area (Å²) in [6, 6.07) is 6.87. The molecule has 0 spiro atoms. The van der Waals surface area contributed by atoms with Crippen molar-refractivity contribution < 1.29 is 0 Å². The zero-order valence-corrected chi connectivity index (χ0v) is 12.9. The van der Waals surface area contributed by atoms with Crippen molar-refractivity contribution in [2.24, 2.45) is 11.7 Å². The van der Waals surface area contributed by atoms with Gasteiger partial charge in [0.25, 0.3) is 0 Å². The van der Waals surface area contributed by atoms with Gasteiger partial charge in [-0.2, -0.15) is 0 Å². The highest BCUT2D eigenvalue weighted by Gasteiger charge is 2.19. The monoisotopic (exact) mass is 247 g/mol. The van der Waals surface area contributed by atoms with Gasteiger partial charge in [0.15, 0.2) is 0 Å². The van der Waals surface area contributed by atoms with E-state index < -0.39 is 0 Å². The quantitative estimate of drug-likeness (QED) is 0.839. The van der Waals surface area contributed by atoms with Crippen molar-refractivity contribution in [1.82, 2.24) is 0 Å². The molecule has 0 saturated carbocycles. The minimum atomic E-state index is 0.208. The first-order chi connectivity index (χ1) is 8.25. The third kappa shape index (κ3) is 3.84. The van der Waals surface area contributed by atoms with Crippen LogP contribution in [0.2, 0.25) is 0 Å². The third-order valence-electron chi connectivity index (χ3n) is 3.63.